The second-order valence-corrected chi connectivity index (χ2v) is 13.0. The molecular formula is C30H46N4O6. The summed E-state index contributed by atoms with van der Waals surface area (Å²) in [5.41, 5.74) is 1.58. The normalized spacial score (nSPS) is 24.8. The van der Waals surface area contributed by atoms with Gasteiger partial charge in [0.25, 0.3) is 5.91 Å². The van der Waals surface area contributed by atoms with E-state index in [0.717, 1.165) is 36.9 Å². The molecule has 4 rings (SSSR count). The summed E-state index contributed by atoms with van der Waals surface area (Å²) in [5, 5.41) is 3.57. The van der Waals surface area contributed by atoms with Gasteiger partial charge in [-0.3, -0.25) is 9.59 Å². The lowest BCUT2D eigenvalue weighted by molar-refractivity contribution is -0.148. The fourth-order valence-corrected chi connectivity index (χ4v) is 5.54. The number of amides is 2. The second-order valence-electron chi connectivity index (χ2n) is 13.0. The summed E-state index contributed by atoms with van der Waals surface area (Å²) in [7, 11) is 3.07. The number of likely N-dealkylation sites (tertiary alicyclic amines) is 1. The number of carbonyl (C=O) groups excluding carboxylic acids is 3. The van der Waals surface area contributed by atoms with Gasteiger partial charge in [0.05, 0.1) is 30.9 Å². The van der Waals surface area contributed by atoms with E-state index in [4.69, 9.17) is 19.2 Å². The van der Waals surface area contributed by atoms with Crippen molar-refractivity contribution in [3.63, 3.8) is 0 Å². The third kappa shape index (κ3) is 7.44. The van der Waals surface area contributed by atoms with Gasteiger partial charge in [-0.15, -0.1) is 0 Å². The largest absolute Gasteiger partial charge is 0.469 e. The van der Waals surface area contributed by atoms with Gasteiger partial charge in [-0.05, 0) is 76.3 Å². The molecule has 0 bridgehead atoms. The maximum absolute atomic E-state index is 14.3. The zero-order valence-electron chi connectivity index (χ0n) is 25.1. The van der Waals surface area contributed by atoms with E-state index in [9.17, 15) is 14.4 Å². The van der Waals surface area contributed by atoms with Crippen molar-refractivity contribution in [3.8, 4) is 0 Å². The molecule has 222 valence electrons. The molecule has 2 saturated carbocycles. The van der Waals surface area contributed by atoms with Crippen LogP contribution in [-0.2, 0) is 19.0 Å². The average Bonchev–Trinajstić information content (AvgIpc) is 3.72. The molecular weight excluding hydrogens is 512 g/mol. The number of hydrogen-bond donors (Lipinski definition) is 1. The Kier molecular flexibility index (Phi) is 9.27. The number of piperidine rings is 1. The number of rotatable bonds is 9. The van der Waals surface area contributed by atoms with Gasteiger partial charge < -0.3 is 29.3 Å². The summed E-state index contributed by atoms with van der Waals surface area (Å²) >= 11 is 0. The van der Waals surface area contributed by atoms with Crippen molar-refractivity contribution in [2.45, 2.75) is 96.4 Å². The van der Waals surface area contributed by atoms with Crippen LogP contribution in [-0.4, -0.2) is 90.4 Å². The number of nitrogens with one attached hydrogen (secondary N) is 1. The number of esters is 1. The van der Waals surface area contributed by atoms with Crippen molar-refractivity contribution in [2.24, 2.45) is 11.8 Å². The second kappa shape index (κ2) is 12.3. The maximum atomic E-state index is 14.3. The topological polar surface area (TPSA) is 110 Å². The van der Waals surface area contributed by atoms with Gasteiger partial charge in [-0.2, -0.15) is 0 Å². The Labute approximate surface area is 238 Å². The highest BCUT2D eigenvalue weighted by Gasteiger charge is 2.41. The van der Waals surface area contributed by atoms with Crippen LogP contribution in [0.4, 0.5) is 10.5 Å². The van der Waals surface area contributed by atoms with Crippen LogP contribution in [0.2, 0.25) is 0 Å². The van der Waals surface area contributed by atoms with Crippen LogP contribution < -0.4 is 5.32 Å². The van der Waals surface area contributed by atoms with E-state index in [-0.39, 0.29) is 37.1 Å². The summed E-state index contributed by atoms with van der Waals surface area (Å²) in [4.78, 5) is 48.1. The van der Waals surface area contributed by atoms with Crippen LogP contribution in [0.5, 0.6) is 0 Å². The smallest absolute Gasteiger partial charge is 0.410 e. The number of carbonyl (C=O) groups is 3. The standard InChI is InChI=1S/C30H46N4O6/c1-18(2)15-34(23-10-21(28(36)39-7)16-33(17-23)29(37)40-30(3,4)5)27(35)26-25(32-22-12-24(13-22)38-6)11-20(14-31-26)19-8-9-19/h11,14,18-19,21-24,32H,8-10,12-13,15-17H2,1-7H3/t21-,22?,23+,24?/m1/s1. The molecule has 10 nitrogen and oxygen atoms in total. The molecule has 3 fully saturated rings. The Morgan fingerprint density at radius 1 is 1.12 bits per heavy atom. The van der Waals surface area contributed by atoms with Gasteiger partial charge in [0, 0.05) is 39.0 Å². The van der Waals surface area contributed by atoms with Crippen molar-refractivity contribution < 1.29 is 28.6 Å². The van der Waals surface area contributed by atoms with Crippen molar-refractivity contribution in [3.05, 3.63) is 23.5 Å². The molecule has 0 unspecified atom stereocenters. The molecule has 0 aromatic carbocycles. The molecule has 0 spiro atoms. The molecule has 1 aromatic heterocycles. The van der Waals surface area contributed by atoms with E-state index < -0.39 is 29.6 Å². The number of anilines is 1. The highest BCUT2D eigenvalue weighted by atomic mass is 16.6. The first-order valence-corrected chi connectivity index (χ1v) is 14.5. The summed E-state index contributed by atoms with van der Waals surface area (Å²) in [6, 6.07) is 1.89. The van der Waals surface area contributed by atoms with Crippen molar-refractivity contribution >= 4 is 23.7 Å². The summed E-state index contributed by atoms with van der Waals surface area (Å²) < 4.78 is 16.1. The van der Waals surface area contributed by atoms with Crippen LogP contribution in [0, 0.1) is 11.8 Å². The fourth-order valence-electron chi connectivity index (χ4n) is 5.54. The Morgan fingerprint density at radius 2 is 1.82 bits per heavy atom. The van der Waals surface area contributed by atoms with Crippen LogP contribution in [0.15, 0.2) is 12.3 Å². The molecule has 1 N–H and O–H groups in total. The number of pyridine rings is 1. The third-order valence-corrected chi connectivity index (χ3v) is 7.83. The Balaban J connectivity index is 1.63. The molecule has 1 aliphatic heterocycles. The van der Waals surface area contributed by atoms with Crippen LogP contribution in [0.25, 0.3) is 0 Å². The molecule has 10 heteroatoms. The molecule has 1 aromatic rings. The van der Waals surface area contributed by atoms with Gasteiger partial charge in [-0.25, -0.2) is 9.78 Å². The van der Waals surface area contributed by atoms with Gasteiger partial charge >= 0.3 is 12.1 Å². The summed E-state index contributed by atoms with van der Waals surface area (Å²) in [6.45, 7) is 10.4. The SMILES string of the molecule is COC(=O)[C@@H]1C[C@H](N(CC(C)C)C(=O)c2ncc(C3CC3)cc2NC2CC(OC)C2)CN(C(=O)OC(C)(C)C)C1. The molecule has 0 radical (unpaired) electrons. The monoisotopic (exact) mass is 558 g/mol. The Bertz CT molecular complexity index is 1080. The number of ether oxygens (including phenoxy) is 3. The van der Waals surface area contributed by atoms with Gasteiger partial charge in [-0.1, -0.05) is 13.8 Å². The van der Waals surface area contributed by atoms with Gasteiger partial charge in [0.15, 0.2) is 5.69 Å². The Morgan fingerprint density at radius 3 is 2.40 bits per heavy atom. The minimum Gasteiger partial charge on any atom is -0.469 e. The number of aromatic nitrogens is 1. The van der Waals surface area contributed by atoms with E-state index >= 15 is 0 Å². The Hall–Kier alpha value is -2.88. The van der Waals surface area contributed by atoms with E-state index in [2.05, 4.69) is 25.2 Å². The first kappa shape index (κ1) is 30.1. The first-order valence-electron chi connectivity index (χ1n) is 14.5. The highest BCUT2D eigenvalue weighted by Crippen LogP contribution is 2.41. The fraction of sp³-hybridized carbons (Fsp3) is 0.733. The predicted octanol–water partition coefficient (Wildman–Crippen LogP) is 4.45. The zero-order chi connectivity index (χ0) is 29.2. The predicted molar refractivity (Wildman–Crippen MR) is 151 cm³/mol. The van der Waals surface area contributed by atoms with E-state index in [0.29, 0.717) is 24.6 Å². The molecule has 2 amide bonds. The minimum atomic E-state index is -0.685. The quantitative estimate of drug-likeness (QED) is 0.443. The molecule has 40 heavy (non-hydrogen) atoms. The van der Waals surface area contributed by atoms with E-state index in [1.807, 2.05) is 6.20 Å². The maximum Gasteiger partial charge on any atom is 0.410 e. The number of hydrogen-bond acceptors (Lipinski definition) is 8. The molecule has 1 saturated heterocycles. The first-order chi connectivity index (χ1) is 18.9. The van der Waals surface area contributed by atoms with E-state index in [1.165, 1.54) is 12.0 Å². The van der Waals surface area contributed by atoms with Crippen molar-refractivity contribution in [2.75, 3.05) is 39.2 Å². The summed E-state index contributed by atoms with van der Waals surface area (Å²) in [5.74, 6) is -0.516. The lowest BCUT2D eigenvalue weighted by atomic mass is 9.89. The van der Waals surface area contributed by atoms with Gasteiger partial charge in [0.2, 0.25) is 0 Å². The zero-order valence-corrected chi connectivity index (χ0v) is 25.1. The lowest BCUT2D eigenvalue weighted by Gasteiger charge is -2.42. The molecule has 2 atom stereocenters. The minimum absolute atomic E-state index is 0.161. The molecule has 2 heterocycles. The third-order valence-electron chi connectivity index (χ3n) is 7.83. The highest BCUT2D eigenvalue weighted by molar-refractivity contribution is 5.98. The number of methoxy groups -OCH3 is 2. The lowest BCUT2D eigenvalue weighted by Crippen LogP contribution is -2.57. The molecule has 2 aliphatic carbocycles. The number of nitrogens with zero attached hydrogens (tertiary/aromatic N) is 3. The van der Waals surface area contributed by atoms with Crippen molar-refractivity contribution in [1.82, 2.24) is 14.8 Å². The van der Waals surface area contributed by atoms with Gasteiger partial charge in [0.1, 0.15) is 5.60 Å². The van der Waals surface area contributed by atoms with Crippen molar-refractivity contribution in [1.29, 1.82) is 0 Å². The van der Waals surface area contributed by atoms with Crippen LogP contribution in [0.1, 0.15) is 88.7 Å². The van der Waals surface area contributed by atoms with Crippen LogP contribution in [0.3, 0.4) is 0 Å². The van der Waals surface area contributed by atoms with Crippen LogP contribution >= 0.6 is 0 Å². The average molecular weight is 559 g/mol. The van der Waals surface area contributed by atoms with E-state index in [1.54, 1.807) is 32.8 Å². The molecule has 3 aliphatic rings. The summed E-state index contributed by atoms with van der Waals surface area (Å²) in [6.07, 6.45) is 5.98.